The highest BCUT2D eigenvalue weighted by atomic mass is 16.5. The van der Waals surface area contributed by atoms with Crippen LogP contribution in [0.5, 0.6) is 17.2 Å². The summed E-state index contributed by atoms with van der Waals surface area (Å²) in [6, 6.07) is 7.15. The normalized spacial score (nSPS) is 25.3. The molecule has 5 heterocycles. The highest BCUT2D eigenvalue weighted by Crippen LogP contribution is 2.49. The van der Waals surface area contributed by atoms with Crippen molar-refractivity contribution >= 4 is 11.5 Å². The molecule has 6 aliphatic rings. The zero-order valence-corrected chi connectivity index (χ0v) is 31.3. The molecule has 5 aliphatic heterocycles. The van der Waals surface area contributed by atoms with Crippen LogP contribution in [0.1, 0.15) is 105 Å². The van der Waals surface area contributed by atoms with E-state index in [4.69, 9.17) is 20.2 Å². The Hall–Kier alpha value is -4.62. The summed E-state index contributed by atoms with van der Waals surface area (Å²) >= 11 is 0. The van der Waals surface area contributed by atoms with Gasteiger partial charge in [0.15, 0.2) is 17.7 Å². The van der Waals surface area contributed by atoms with Crippen LogP contribution in [-0.2, 0) is 24.1 Å². The number of phenols is 1. The Morgan fingerprint density at radius 2 is 1.95 bits per heavy atom. The molecule has 1 aliphatic carbocycles. The van der Waals surface area contributed by atoms with Gasteiger partial charge in [-0.3, -0.25) is 15.1 Å². The zero-order valence-electron chi connectivity index (χ0n) is 31.3. The predicted octanol–water partition coefficient (Wildman–Crippen LogP) is 4.36. The van der Waals surface area contributed by atoms with Crippen LogP contribution in [-0.4, -0.2) is 68.3 Å². The molecule has 2 bridgehead atoms. The molecule has 1 saturated carbocycles. The van der Waals surface area contributed by atoms with Crippen molar-refractivity contribution in [3.8, 4) is 41.1 Å². The molecule has 0 amide bonds. The number of rotatable bonds is 9. The maximum atomic E-state index is 12.9. The molecule has 7 N–H and O–H groups in total. The van der Waals surface area contributed by atoms with Crippen LogP contribution in [0.15, 0.2) is 52.8 Å². The van der Waals surface area contributed by atoms with Gasteiger partial charge >= 0.3 is 0 Å². The van der Waals surface area contributed by atoms with Gasteiger partial charge in [0.1, 0.15) is 23.7 Å². The fourth-order valence-corrected chi connectivity index (χ4v) is 9.22. The maximum absolute atomic E-state index is 12.9. The number of aryl methyl sites for hydroxylation is 1. The number of hydrogen-bond acceptors (Lipinski definition) is 11. The molecule has 8 rings (SSSR count). The Bertz CT molecular complexity index is 2080. The minimum atomic E-state index is -1.06. The topological polar surface area (TPSA) is 170 Å². The second-order valence-corrected chi connectivity index (χ2v) is 15.9. The molecule has 1 fully saturated rings. The van der Waals surface area contributed by atoms with Crippen LogP contribution in [0.2, 0.25) is 0 Å². The standard InChI is InChI=1S/C44H50N4O7/c1-2-5-28(49)20-30(51)21-29(50)7-6-26-19-41-40(22-39(26)53)54-17-15-44(13-3-4-14-44)36-10-11-38(52)32-8-9-33-31(12-16-46-42(33)45)34(32)18-27-23-47-37-25-48(24-35(27)37)43(36)55-41/h8-9,19,22-24,28,30,36,38,42-43,46,49,51-53H,2-7,12-14,16,18,20-21,25,45H2,1H3/t28-,30+,36+,38-,42+,43-/m0/s1. The van der Waals surface area contributed by atoms with Gasteiger partial charge < -0.3 is 40.5 Å². The van der Waals surface area contributed by atoms with E-state index in [9.17, 15) is 25.2 Å². The molecule has 0 radical (unpaired) electrons. The first-order chi connectivity index (χ1) is 26.6. The number of hydrogen-bond donors (Lipinski definition) is 6. The highest BCUT2D eigenvalue weighted by Gasteiger charge is 2.48. The maximum Gasteiger partial charge on any atom is 0.187 e. The molecule has 0 saturated heterocycles. The van der Waals surface area contributed by atoms with Crippen LogP contribution in [0.4, 0.5) is 0 Å². The molecule has 2 aromatic rings. The number of ketones is 1. The van der Waals surface area contributed by atoms with Crippen molar-refractivity contribution in [2.45, 2.75) is 115 Å². The lowest BCUT2D eigenvalue weighted by Gasteiger charge is -2.39. The molecule has 2 aromatic carbocycles. The van der Waals surface area contributed by atoms with Crippen molar-refractivity contribution < 1.29 is 34.7 Å². The number of allylic oxidation sites excluding steroid dienone is 1. The van der Waals surface area contributed by atoms with Crippen molar-refractivity contribution in [2.75, 3.05) is 13.1 Å². The number of nitrogens with one attached hydrogen (secondary N) is 1. The summed E-state index contributed by atoms with van der Waals surface area (Å²) in [7, 11) is 0. The Morgan fingerprint density at radius 3 is 2.76 bits per heavy atom. The van der Waals surface area contributed by atoms with Crippen LogP contribution >= 0.6 is 0 Å². The molecular weight excluding hydrogens is 697 g/mol. The molecule has 11 heteroatoms. The molecule has 55 heavy (non-hydrogen) atoms. The largest absolute Gasteiger partial charge is 0.508 e. The summed E-state index contributed by atoms with van der Waals surface area (Å²) in [4.78, 5) is 19.9. The number of benzene rings is 2. The third-order valence-electron chi connectivity index (χ3n) is 12.1. The van der Waals surface area contributed by atoms with Gasteiger partial charge in [0.25, 0.3) is 0 Å². The lowest BCUT2D eigenvalue weighted by atomic mass is 9.73. The minimum Gasteiger partial charge on any atom is -0.508 e. The van der Waals surface area contributed by atoms with Crippen molar-refractivity contribution in [3.05, 3.63) is 75.6 Å². The summed E-state index contributed by atoms with van der Waals surface area (Å²) in [5.74, 6) is 10.2. The van der Waals surface area contributed by atoms with E-state index in [1.807, 2.05) is 25.3 Å². The Balaban J connectivity index is 1.16. The fraction of sp³-hybridized carbons (Fsp3) is 0.500. The SMILES string of the molecule is CCC[C@H](O)C[C@@H](O)CC(=O)CCc1cc2c(cc1O)OC#CC1(CCCC1)[C@@H]1C#C[C@H](O)c3ccc4c(c3CC3=CN=C5CN(C=C35)[C@H]1O2)CCN[C@H]4N. The van der Waals surface area contributed by atoms with Crippen molar-refractivity contribution in [1.82, 2.24) is 10.2 Å². The van der Waals surface area contributed by atoms with Crippen molar-refractivity contribution in [1.29, 1.82) is 0 Å². The fourth-order valence-electron chi connectivity index (χ4n) is 9.22. The van der Waals surface area contributed by atoms with Gasteiger partial charge in [0.2, 0.25) is 0 Å². The molecule has 11 nitrogen and oxygen atoms in total. The average Bonchev–Trinajstić information content (AvgIpc) is 3.90. The van der Waals surface area contributed by atoms with E-state index >= 15 is 0 Å². The molecule has 1 spiro atoms. The third-order valence-corrected chi connectivity index (χ3v) is 12.1. The number of phenolic OH excluding ortho intramolecular Hbond substituents is 1. The third kappa shape index (κ3) is 7.40. The number of nitrogens with two attached hydrogens (primary N) is 1. The summed E-state index contributed by atoms with van der Waals surface area (Å²) in [6.45, 7) is 3.20. The number of fused-ring (bicyclic) bond motifs is 8. The van der Waals surface area contributed by atoms with E-state index in [0.29, 0.717) is 30.7 Å². The van der Waals surface area contributed by atoms with Gasteiger partial charge in [0.05, 0.1) is 42.0 Å². The number of Topliss-reactive ketones (excluding diaryl/α,β-unsaturated/α-hetero) is 1. The summed E-state index contributed by atoms with van der Waals surface area (Å²) in [5.41, 5.74) is 13.4. The smallest absolute Gasteiger partial charge is 0.187 e. The van der Waals surface area contributed by atoms with Crippen molar-refractivity contribution in [2.24, 2.45) is 22.1 Å². The van der Waals surface area contributed by atoms with Gasteiger partial charge in [-0.25, -0.2) is 0 Å². The summed E-state index contributed by atoms with van der Waals surface area (Å²) in [5, 5.41) is 46.8. The molecule has 288 valence electrons. The monoisotopic (exact) mass is 746 g/mol. The van der Waals surface area contributed by atoms with E-state index in [0.717, 1.165) is 84.2 Å². The number of carbonyl (C=O) groups excluding carboxylic acids is 1. The first-order valence-corrected chi connectivity index (χ1v) is 19.8. The number of nitrogens with zero attached hydrogens (tertiary/aromatic N) is 2. The quantitative estimate of drug-likeness (QED) is 0.203. The number of aliphatic imine (C=N–C) groups is 1. The highest BCUT2D eigenvalue weighted by molar-refractivity contribution is 6.09. The number of aliphatic hydroxyl groups is 3. The van der Waals surface area contributed by atoms with Gasteiger partial charge in [-0.1, -0.05) is 56.1 Å². The van der Waals surface area contributed by atoms with E-state index in [-0.39, 0.29) is 49.1 Å². The van der Waals surface area contributed by atoms with Gasteiger partial charge in [-0.05, 0) is 78.0 Å². The van der Waals surface area contributed by atoms with E-state index in [1.165, 1.54) is 6.07 Å². The molecule has 0 aromatic heterocycles. The van der Waals surface area contributed by atoms with Crippen LogP contribution in [0.3, 0.4) is 0 Å². The Kier molecular flexibility index (Phi) is 10.5. The molecule has 0 unspecified atom stereocenters. The number of aliphatic hydroxyl groups excluding tert-OH is 3. The Morgan fingerprint density at radius 1 is 1.13 bits per heavy atom. The first-order valence-electron chi connectivity index (χ1n) is 19.8. The van der Waals surface area contributed by atoms with E-state index in [1.54, 1.807) is 6.07 Å². The van der Waals surface area contributed by atoms with E-state index < -0.39 is 35.9 Å². The molecular formula is C44H50N4O7. The number of aromatic hydroxyl groups is 1. The number of ether oxygens (including phenoxy) is 2. The van der Waals surface area contributed by atoms with Crippen LogP contribution < -0.4 is 20.5 Å². The van der Waals surface area contributed by atoms with Gasteiger partial charge in [-0.15, -0.1) is 0 Å². The van der Waals surface area contributed by atoms with Gasteiger partial charge in [0, 0.05) is 49.8 Å². The summed E-state index contributed by atoms with van der Waals surface area (Å²) < 4.78 is 13.0. The lowest BCUT2D eigenvalue weighted by Crippen LogP contribution is -2.47. The van der Waals surface area contributed by atoms with Crippen molar-refractivity contribution in [3.63, 3.8) is 0 Å². The second-order valence-electron chi connectivity index (χ2n) is 15.9. The minimum absolute atomic E-state index is 0.0524. The van der Waals surface area contributed by atoms with E-state index in [2.05, 4.69) is 40.3 Å². The van der Waals surface area contributed by atoms with Crippen LogP contribution in [0.25, 0.3) is 0 Å². The number of carbonyl (C=O) groups is 1. The lowest BCUT2D eigenvalue weighted by molar-refractivity contribution is -0.121. The van der Waals surface area contributed by atoms with Gasteiger partial charge in [-0.2, -0.15) is 0 Å². The van der Waals surface area contributed by atoms with Crippen LogP contribution in [0, 0.1) is 35.2 Å². The average molecular weight is 747 g/mol. The first kappa shape index (κ1) is 37.3. The summed E-state index contributed by atoms with van der Waals surface area (Å²) in [6.07, 6.45) is 10.0. The zero-order chi connectivity index (χ0) is 38.3. The second kappa shape index (κ2) is 15.5. The Labute approximate surface area is 322 Å². The predicted molar refractivity (Wildman–Crippen MR) is 207 cm³/mol. The molecule has 6 atom stereocenters.